The van der Waals surface area contributed by atoms with Crippen LogP contribution >= 0.6 is 0 Å². The lowest BCUT2D eigenvalue weighted by Gasteiger charge is -2.35. The Morgan fingerprint density at radius 1 is 1.00 bits per heavy atom. The lowest BCUT2D eigenvalue weighted by atomic mass is 10.1. The summed E-state index contributed by atoms with van der Waals surface area (Å²) in [6.07, 6.45) is 0.572. The Hall–Kier alpha value is -2.37. The molecule has 1 heterocycles. The topological polar surface area (TPSA) is 48.9 Å². The Morgan fingerprint density at radius 3 is 2.38 bits per heavy atom. The van der Waals surface area contributed by atoms with Crippen LogP contribution in [0.15, 0.2) is 53.5 Å². The normalized spacial score (nSPS) is 20.5. The standard InChI is InChI=1S/C24H34N4O/c1-18-8-7-9-21(12-18)13-26-24(25-4)27-14-22-10-5-6-11-23(22)17-28-15-19(2)29-20(3)16-28/h5-12,19-20H,13-17H2,1-4H3,(H2,25,26,27). The highest BCUT2D eigenvalue weighted by molar-refractivity contribution is 5.79. The number of hydrogen-bond acceptors (Lipinski definition) is 3. The second-order valence-electron chi connectivity index (χ2n) is 7.99. The van der Waals surface area contributed by atoms with Gasteiger partial charge in [-0.2, -0.15) is 0 Å². The van der Waals surface area contributed by atoms with Crippen molar-refractivity contribution in [3.8, 4) is 0 Å². The Morgan fingerprint density at radius 2 is 1.69 bits per heavy atom. The number of nitrogens with zero attached hydrogens (tertiary/aromatic N) is 2. The summed E-state index contributed by atoms with van der Waals surface area (Å²) in [7, 11) is 1.81. The highest BCUT2D eigenvalue weighted by atomic mass is 16.5. The van der Waals surface area contributed by atoms with Crippen molar-refractivity contribution in [2.24, 2.45) is 4.99 Å². The van der Waals surface area contributed by atoms with Crippen LogP contribution in [0, 0.1) is 6.92 Å². The number of guanidine groups is 1. The fourth-order valence-electron chi connectivity index (χ4n) is 3.95. The molecule has 0 aromatic heterocycles. The predicted octanol–water partition coefficient (Wildman–Crippen LogP) is 3.47. The molecular weight excluding hydrogens is 360 g/mol. The van der Waals surface area contributed by atoms with Gasteiger partial charge in [-0.3, -0.25) is 9.89 Å². The molecule has 2 aromatic rings. The van der Waals surface area contributed by atoms with Crippen LogP contribution < -0.4 is 10.6 Å². The molecule has 1 aliphatic rings. The van der Waals surface area contributed by atoms with E-state index in [1.54, 1.807) is 0 Å². The van der Waals surface area contributed by atoms with Gasteiger partial charge in [0.1, 0.15) is 0 Å². The van der Waals surface area contributed by atoms with E-state index in [9.17, 15) is 0 Å². The third-order valence-electron chi connectivity index (χ3n) is 5.22. The van der Waals surface area contributed by atoms with Crippen LogP contribution in [0.1, 0.15) is 36.1 Å². The van der Waals surface area contributed by atoms with Crippen molar-refractivity contribution in [2.75, 3.05) is 20.1 Å². The Balaban J connectivity index is 1.57. The summed E-state index contributed by atoms with van der Waals surface area (Å²) in [5.74, 6) is 0.815. The SMILES string of the molecule is CN=C(NCc1cccc(C)c1)NCc1ccccc1CN1CC(C)OC(C)C1. The number of rotatable bonds is 6. The van der Waals surface area contributed by atoms with Crippen LogP contribution in [-0.4, -0.2) is 43.2 Å². The van der Waals surface area contributed by atoms with Gasteiger partial charge < -0.3 is 15.4 Å². The van der Waals surface area contributed by atoms with Crippen molar-refractivity contribution in [1.82, 2.24) is 15.5 Å². The molecule has 29 heavy (non-hydrogen) atoms. The zero-order chi connectivity index (χ0) is 20.6. The zero-order valence-corrected chi connectivity index (χ0v) is 18.1. The van der Waals surface area contributed by atoms with E-state index in [4.69, 9.17) is 4.74 Å². The maximum Gasteiger partial charge on any atom is 0.191 e. The molecule has 1 saturated heterocycles. The van der Waals surface area contributed by atoms with Crippen LogP contribution in [0.25, 0.3) is 0 Å². The monoisotopic (exact) mass is 394 g/mol. The van der Waals surface area contributed by atoms with Crippen molar-refractivity contribution < 1.29 is 4.74 Å². The Kier molecular flexibility index (Phi) is 7.67. The third kappa shape index (κ3) is 6.58. The van der Waals surface area contributed by atoms with E-state index in [0.29, 0.717) is 0 Å². The van der Waals surface area contributed by atoms with Gasteiger partial charge in [0.2, 0.25) is 0 Å². The summed E-state index contributed by atoms with van der Waals surface area (Å²) in [4.78, 5) is 6.86. The van der Waals surface area contributed by atoms with Crippen molar-refractivity contribution in [3.05, 3.63) is 70.8 Å². The number of ether oxygens (including phenoxy) is 1. The summed E-state index contributed by atoms with van der Waals surface area (Å²) < 4.78 is 5.87. The van der Waals surface area contributed by atoms with E-state index in [-0.39, 0.29) is 12.2 Å². The average Bonchev–Trinajstić information content (AvgIpc) is 2.68. The molecule has 156 valence electrons. The minimum Gasteiger partial charge on any atom is -0.373 e. The molecule has 1 aliphatic heterocycles. The second kappa shape index (κ2) is 10.4. The molecule has 2 atom stereocenters. The van der Waals surface area contributed by atoms with Gasteiger partial charge in [-0.1, -0.05) is 54.1 Å². The smallest absolute Gasteiger partial charge is 0.191 e. The van der Waals surface area contributed by atoms with Crippen LogP contribution in [0.4, 0.5) is 0 Å². The summed E-state index contributed by atoms with van der Waals surface area (Å²) in [5, 5.41) is 6.87. The maximum atomic E-state index is 5.87. The van der Waals surface area contributed by atoms with Crippen molar-refractivity contribution in [2.45, 2.75) is 52.6 Å². The van der Waals surface area contributed by atoms with Crippen LogP contribution in [-0.2, 0) is 24.4 Å². The second-order valence-corrected chi connectivity index (χ2v) is 7.99. The van der Waals surface area contributed by atoms with Crippen LogP contribution in [0.3, 0.4) is 0 Å². The lowest BCUT2D eigenvalue weighted by Crippen LogP contribution is -2.45. The summed E-state index contributed by atoms with van der Waals surface area (Å²) in [5.41, 5.74) is 5.19. The first kappa shape index (κ1) is 21.3. The first-order valence-electron chi connectivity index (χ1n) is 10.5. The van der Waals surface area contributed by atoms with Gasteiger partial charge in [-0.05, 0) is 37.5 Å². The molecule has 2 aromatic carbocycles. The minimum atomic E-state index is 0.286. The zero-order valence-electron chi connectivity index (χ0n) is 18.1. The van der Waals surface area contributed by atoms with E-state index >= 15 is 0 Å². The first-order chi connectivity index (χ1) is 14.0. The number of morpholine rings is 1. The minimum absolute atomic E-state index is 0.286. The van der Waals surface area contributed by atoms with Gasteiger partial charge in [-0.15, -0.1) is 0 Å². The molecule has 0 amide bonds. The van der Waals surface area contributed by atoms with Crippen molar-refractivity contribution >= 4 is 5.96 Å². The number of nitrogens with one attached hydrogen (secondary N) is 2. The van der Waals surface area contributed by atoms with E-state index in [1.165, 1.54) is 22.3 Å². The molecule has 1 fully saturated rings. The molecule has 0 saturated carbocycles. The van der Waals surface area contributed by atoms with Crippen LogP contribution in [0.2, 0.25) is 0 Å². The molecule has 0 bridgehead atoms. The van der Waals surface area contributed by atoms with Gasteiger partial charge >= 0.3 is 0 Å². The van der Waals surface area contributed by atoms with Gasteiger partial charge in [0, 0.05) is 39.8 Å². The maximum absolute atomic E-state index is 5.87. The van der Waals surface area contributed by atoms with E-state index < -0.39 is 0 Å². The largest absolute Gasteiger partial charge is 0.373 e. The van der Waals surface area contributed by atoms with Gasteiger partial charge in [0.15, 0.2) is 5.96 Å². The summed E-state index contributed by atoms with van der Waals surface area (Å²) in [6.45, 7) is 10.8. The number of hydrogen-bond donors (Lipinski definition) is 2. The highest BCUT2D eigenvalue weighted by Crippen LogP contribution is 2.17. The quantitative estimate of drug-likeness (QED) is 0.582. The van der Waals surface area contributed by atoms with E-state index in [0.717, 1.165) is 38.7 Å². The predicted molar refractivity (Wildman–Crippen MR) is 120 cm³/mol. The third-order valence-corrected chi connectivity index (χ3v) is 5.22. The fraction of sp³-hybridized carbons (Fsp3) is 0.458. The van der Waals surface area contributed by atoms with Crippen molar-refractivity contribution in [3.63, 3.8) is 0 Å². The van der Waals surface area contributed by atoms with Gasteiger partial charge in [0.05, 0.1) is 12.2 Å². The number of benzene rings is 2. The lowest BCUT2D eigenvalue weighted by molar-refractivity contribution is -0.0705. The fourth-order valence-corrected chi connectivity index (χ4v) is 3.95. The molecule has 3 rings (SSSR count). The summed E-state index contributed by atoms with van der Waals surface area (Å²) >= 11 is 0. The highest BCUT2D eigenvalue weighted by Gasteiger charge is 2.22. The first-order valence-corrected chi connectivity index (χ1v) is 10.5. The molecular formula is C24H34N4O. The van der Waals surface area contributed by atoms with E-state index in [1.807, 2.05) is 7.05 Å². The molecule has 5 heteroatoms. The Bertz CT molecular complexity index is 810. The molecule has 2 N–H and O–H groups in total. The number of aliphatic imine (C=N–C) groups is 1. The molecule has 5 nitrogen and oxygen atoms in total. The molecule has 0 aliphatic carbocycles. The van der Waals surface area contributed by atoms with E-state index in [2.05, 4.69) is 89.8 Å². The molecule has 2 unspecified atom stereocenters. The van der Waals surface area contributed by atoms with Crippen LogP contribution in [0.5, 0.6) is 0 Å². The Labute approximate surface area is 175 Å². The summed E-state index contributed by atoms with van der Waals surface area (Å²) in [6, 6.07) is 17.2. The van der Waals surface area contributed by atoms with Gasteiger partial charge in [-0.25, -0.2) is 0 Å². The average molecular weight is 395 g/mol. The van der Waals surface area contributed by atoms with Gasteiger partial charge in [0.25, 0.3) is 0 Å². The van der Waals surface area contributed by atoms with Crippen molar-refractivity contribution in [1.29, 1.82) is 0 Å². The molecule has 0 spiro atoms. The number of aryl methyl sites for hydroxylation is 1. The molecule has 0 radical (unpaired) electrons.